The van der Waals surface area contributed by atoms with Crippen LogP contribution in [0.1, 0.15) is 24.9 Å². The molecule has 15 heavy (non-hydrogen) atoms. The van der Waals surface area contributed by atoms with Gasteiger partial charge >= 0.3 is 0 Å². The molecule has 1 N–H and O–H groups in total. The van der Waals surface area contributed by atoms with Crippen LogP contribution in [0, 0.1) is 6.92 Å². The Bertz CT molecular complexity index is 569. The lowest BCUT2D eigenvalue weighted by atomic mass is 10.3. The first kappa shape index (κ1) is 10.2. The van der Waals surface area contributed by atoms with Gasteiger partial charge in [-0.3, -0.25) is 9.36 Å². The number of hydrogen-bond donors (Lipinski definition) is 1. The number of thiazole rings is 1. The number of rotatable bonds is 1. The summed E-state index contributed by atoms with van der Waals surface area (Å²) < 4.78 is 2.28. The second-order valence-corrected chi connectivity index (χ2v) is 4.92. The van der Waals surface area contributed by atoms with Crippen LogP contribution in [-0.2, 0) is 0 Å². The highest BCUT2D eigenvalue weighted by Crippen LogP contribution is 2.29. The van der Waals surface area contributed by atoms with Crippen molar-refractivity contribution in [1.29, 1.82) is 0 Å². The molecule has 5 heteroatoms. The first-order valence-corrected chi connectivity index (χ1v) is 5.54. The number of nitrogens with zero attached hydrogens (tertiary/aromatic N) is 2. The molecule has 2 aromatic heterocycles. The summed E-state index contributed by atoms with van der Waals surface area (Å²) >= 11 is 1.40. The Morgan fingerprint density at radius 2 is 2.20 bits per heavy atom. The van der Waals surface area contributed by atoms with Crippen LogP contribution in [0.25, 0.3) is 10.3 Å². The zero-order valence-corrected chi connectivity index (χ0v) is 9.63. The minimum atomic E-state index is -0.208. The molecule has 0 amide bonds. The number of aromatic nitrogens is 2. The molecule has 0 spiro atoms. The Kier molecular flexibility index (Phi) is 2.26. The molecule has 2 rings (SSSR count). The van der Waals surface area contributed by atoms with Gasteiger partial charge in [-0.25, -0.2) is 4.98 Å². The van der Waals surface area contributed by atoms with Gasteiger partial charge in [0.25, 0.3) is 5.56 Å². The molecule has 0 saturated carbocycles. The van der Waals surface area contributed by atoms with E-state index >= 15 is 0 Å². The van der Waals surface area contributed by atoms with Gasteiger partial charge in [0.2, 0.25) is 0 Å². The molecule has 0 atom stereocenters. The summed E-state index contributed by atoms with van der Waals surface area (Å²) in [6, 6.07) is 1.29. The Morgan fingerprint density at radius 1 is 1.53 bits per heavy atom. The van der Waals surface area contributed by atoms with Crippen molar-refractivity contribution in [1.82, 2.24) is 9.55 Å². The van der Waals surface area contributed by atoms with Crippen molar-refractivity contribution in [2.75, 3.05) is 0 Å². The quantitative estimate of drug-likeness (QED) is 0.806. The molecule has 0 aliphatic rings. The van der Waals surface area contributed by atoms with E-state index in [4.69, 9.17) is 0 Å². The lowest BCUT2D eigenvalue weighted by Gasteiger charge is -2.10. The lowest BCUT2D eigenvalue weighted by molar-refractivity contribution is 0.477. The molecule has 0 aliphatic carbocycles. The predicted molar refractivity (Wildman–Crippen MR) is 60.7 cm³/mol. The zero-order chi connectivity index (χ0) is 11.2. The van der Waals surface area contributed by atoms with Gasteiger partial charge in [-0.05, 0) is 20.8 Å². The van der Waals surface area contributed by atoms with Crippen molar-refractivity contribution in [3.63, 3.8) is 0 Å². The van der Waals surface area contributed by atoms with Gasteiger partial charge < -0.3 is 5.11 Å². The Balaban J connectivity index is 2.95. The highest BCUT2D eigenvalue weighted by atomic mass is 32.1. The fraction of sp³-hybridized carbons (Fsp3) is 0.400. The Hall–Kier alpha value is -1.36. The minimum Gasteiger partial charge on any atom is -0.506 e. The highest BCUT2D eigenvalue weighted by Gasteiger charge is 2.14. The number of aryl methyl sites for hydroxylation is 1. The molecule has 0 radical (unpaired) electrons. The maximum atomic E-state index is 11.7. The molecule has 0 aromatic carbocycles. The minimum absolute atomic E-state index is 0.0255. The van der Waals surface area contributed by atoms with Crippen LogP contribution in [0.3, 0.4) is 0 Å². The van der Waals surface area contributed by atoms with Crippen molar-refractivity contribution in [3.05, 3.63) is 21.4 Å². The van der Waals surface area contributed by atoms with Crippen LogP contribution in [0.15, 0.2) is 10.9 Å². The Labute approximate surface area is 90.8 Å². The topological polar surface area (TPSA) is 55.1 Å². The second-order valence-electron chi connectivity index (χ2n) is 3.72. The predicted octanol–water partition coefficient (Wildman–Crippen LogP) is 2.05. The molecular weight excluding hydrogens is 212 g/mol. The van der Waals surface area contributed by atoms with Gasteiger partial charge in [-0.15, -0.1) is 11.3 Å². The van der Waals surface area contributed by atoms with Crippen molar-refractivity contribution in [2.45, 2.75) is 26.8 Å². The summed E-state index contributed by atoms with van der Waals surface area (Å²) in [5.41, 5.74) is 0.373. The summed E-state index contributed by atoms with van der Waals surface area (Å²) in [4.78, 5) is 15.9. The normalized spacial score (nSPS) is 11.5. The maximum absolute atomic E-state index is 11.7. The molecule has 4 nitrogen and oxygen atoms in total. The van der Waals surface area contributed by atoms with Crippen LogP contribution < -0.4 is 5.56 Å². The fourth-order valence-corrected chi connectivity index (χ4v) is 2.43. The van der Waals surface area contributed by atoms with Gasteiger partial charge in [-0.1, -0.05) is 0 Å². The number of aromatic hydroxyl groups is 1. The third-order valence-corrected chi connectivity index (χ3v) is 3.17. The molecule has 0 aliphatic heterocycles. The average molecular weight is 224 g/mol. The first-order chi connectivity index (χ1) is 7.00. The summed E-state index contributed by atoms with van der Waals surface area (Å²) in [5, 5.41) is 10.5. The molecule has 0 saturated heterocycles. The number of hydrogen-bond acceptors (Lipinski definition) is 4. The van der Waals surface area contributed by atoms with Crippen LogP contribution in [0.2, 0.25) is 0 Å². The van der Waals surface area contributed by atoms with Gasteiger partial charge in [0.15, 0.2) is 5.65 Å². The number of fused-ring (bicyclic) bond motifs is 1. The molecule has 80 valence electrons. The van der Waals surface area contributed by atoms with E-state index in [1.165, 1.54) is 17.4 Å². The summed E-state index contributed by atoms with van der Waals surface area (Å²) in [6.07, 6.45) is 0. The Morgan fingerprint density at radius 3 is 2.80 bits per heavy atom. The van der Waals surface area contributed by atoms with Crippen molar-refractivity contribution in [2.24, 2.45) is 0 Å². The van der Waals surface area contributed by atoms with Gasteiger partial charge in [0.1, 0.15) is 10.4 Å². The van der Waals surface area contributed by atoms with E-state index in [-0.39, 0.29) is 17.4 Å². The molecule has 0 unspecified atom stereocenters. The molecule has 2 heterocycles. The zero-order valence-electron chi connectivity index (χ0n) is 8.81. The maximum Gasteiger partial charge on any atom is 0.256 e. The van der Waals surface area contributed by atoms with E-state index in [0.29, 0.717) is 10.3 Å². The van der Waals surface area contributed by atoms with Gasteiger partial charge in [0.05, 0.1) is 5.01 Å². The van der Waals surface area contributed by atoms with Gasteiger partial charge in [0, 0.05) is 12.1 Å². The van der Waals surface area contributed by atoms with Crippen molar-refractivity contribution >= 4 is 21.7 Å². The van der Waals surface area contributed by atoms with E-state index in [1.54, 1.807) is 4.57 Å². The lowest BCUT2D eigenvalue weighted by Crippen LogP contribution is -2.21. The third kappa shape index (κ3) is 1.52. The van der Waals surface area contributed by atoms with E-state index < -0.39 is 0 Å². The largest absolute Gasteiger partial charge is 0.506 e. The van der Waals surface area contributed by atoms with Crippen LogP contribution >= 0.6 is 11.3 Å². The summed E-state index contributed by atoms with van der Waals surface area (Å²) in [7, 11) is 0. The van der Waals surface area contributed by atoms with Crippen LogP contribution in [0.4, 0.5) is 0 Å². The van der Waals surface area contributed by atoms with E-state index in [2.05, 4.69) is 4.98 Å². The summed E-state index contributed by atoms with van der Waals surface area (Å²) in [6.45, 7) is 5.71. The monoisotopic (exact) mass is 224 g/mol. The third-order valence-electron chi connectivity index (χ3n) is 2.19. The van der Waals surface area contributed by atoms with E-state index in [1.807, 2.05) is 20.8 Å². The van der Waals surface area contributed by atoms with E-state index in [9.17, 15) is 9.90 Å². The molecule has 2 aromatic rings. The standard InChI is InChI=1S/C10H12N2O2S/c1-5(2)12-8(14)4-7(13)9-10(12)11-6(3)15-9/h4-5,13H,1-3H3. The smallest absolute Gasteiger partial charge is 0.256 e. The molecule has 0 fully saturated rings. The van der Waals surface area contributed by atoms with Gasteiger partial charge in [-0.2, -0.15) is 0 Å². The average Bonchev–Trinajstić information content (AvgIpc) is 2.45. The van der Waals surface area contributed by atoms with Crippen molar-refractivity contribution in [3.8, 4) is 5.75 Å². The molecular formula is C10H12N2O2S. The SMILES string of the molecule is Cc1nc2c(s1)c(O)cc(=O)n2C(C)C. The molecule has 0 bridgehead atoms. The fourth-order valence-electron chi connectivity index (χ4n) is 1.60. The highest BCUT2D eigenvalue weighted by molar-refractivity contribution is 7.18. The number of pyridine rings is 1. The van der Waals surface area contributed by atoms with Crippen LogP contribution in [0.5, 0.6) is 5.75 Å². The first-order valence-electron chi connectivity index (χ1n) is 4.72. The van der Waals surface area contributed by atoms with Crippen LogP contribution in [-0.4, -0.2) is 14.7 Å². The van der Waals surface area contributed by atoms with Crippen molar-refractivity contribution < 1.29 is 5.11 Å². The second kappa shape index (κ2) is 3.34. The summed E-state index contributed by atoms with van der Waals surface area (Å²) in [5.74, 6) is 0.0255. The van der Waals surface area contributed by atoms with E-state index in [0.717, 1.165) is 5.01 Å².